The van der Waals surface area contributed by atoms with Crippen LogP contribution in [0, 0.1) is 5.41 Å². The summed E-state index contributed by atoms with van der Waals surface area (Å²) in [6.07, 6.45) is 3.66. The summed E-state index contributed by atoms with van der Waals surface area (Å²) in [5.74, 6) is 0.986. The molecule has 2 aliphatic heterocycles. The molecule has 154 valence electrons. The van der Waals surface area contributed by atoms with Crippen LogP contribution in [-0.4, -0.2) is 56.8 Å². The number of hydrogen-bond donors (Lipinski definition) is 1. The van der Waals surface area contributed by atoms with Crippen molar-refractivity contribution >= 4 is 30.8 Å². The number of esters is 1. The van der Waals surface area contributed by atoms with E-state index in [0.29, 0.717) is 6.61 Å². The van der Waals surface area contributed by atoms with Crippen LogP contribution in [0.15, 0.2) is 24.3 Å². The normalized spacial score (nSPS) is 20.7. The lowest BCUT2D eigenvalue weighted by Crippen LogP contribution is -2.39. The zero-order valence-corrected chi connectivity index (χ0v) is 17.9. The Bertz CT molecular complexity index is 594. The van der Waals surface area contributed by atoms with Crippen LogP contribution < -0.4 is 10.1 Å². The highest BCUT2D eigenvalue weighted by atomic mass is 35.5. The van der Waals surface area contributed by atoms with E-state index in [-0.39, 0.29) is 42.3 Å². The summed E-state index contributed by atoms with van der Waals surface area (Å²) < 4.78 is 11.6. The van der Waals surface area contributed by atoms with Gasteiger partial charge in [-0.25, -0.2) is 0 Å². The van der Waals surface area contributed by atoms with E-state index in [1.54, 1.807) is 0 Å². The van der Waals surface area contributed by atoms with Crippen molar-refractivity contribution in [1.29, 1.82) is 0 Å². The van der Waals surface area contributed by atoms with Crippen molar-refractivity contribution in [1.82, 2.24) is 10.2 Å². The van der Waals surface area contributed by atoms with Crippen molar-refractivity contribution in [2.24, 2.45) is 5.41 Å². The largest absolute Gasteiger partial charge is 0.492 e. The minimum atomic E-state index is -0.229. The molecule has 2 heterocycles. The topological polar surface area (TPSA) is 50.8 Å². The summed E-state index contributed by atoms with van der Waals surface area (Å²) in [5.41, 5.74) is 1.01. The molecule has 5 nitrogen and oxygen atoms in total. The molecule has 1 spiro atoms. The van der Waals surface area contributed by atoms with Gasteiger partial charge in [0.15, 0.2) is 0 Å². The zero-order valence-electron chi connectivity index (χ0n) is 16.2. The van der Waals surface area contributed by atoms with Crippen molar-refractivity contribution in [3.05, 3.63) is 29.8 Å². The predicted octanol–water partition coefficient (Wildman–Crippen LogP) is 3.09. The first kappa shape index (κ1) is 24.0. The van der Waals surface area contributed by atoms with Gasteiger partial charge in [-0.3, -0.25) is 9.69 Å². The van der Waals surface area contributed by atoms with E-state index >= 15 is 0 Å². The second-order valence-electron chi connectivity index (χ2n) is 7.33. The van der Waals surface area contributed by atoms with Crippen molar-refractivity contribution in [2.75, 3.05) is 39.8 Å². The summed E-state index contributed by atoms with van der Waals surface area (Å²) in [5, 5.41) is 3.33. The van der Waals surface area contributed by atoms with Gasteiger partial charge in [0.2, 0.25) is 0 Å². The Kier molecular flexibility index (Phi) is 9.88. The van der Waals surface area contributed by atoms with E-state index in [0.717, 1.165) is 57.6 Å². The maximum absolute atomic E-state index is 12.3. The molecule has 0 radical (unpaired) electrons. The van der Waals surface area contributed by atoms with E-state index in [2.05, 4.69) is 30.3 Å². The number of carbonyl (C=O) groups excluding carboxylic acids is 1. The highest BCUT2D eigenvalue weighted by Crippen LogP contribution is 2.41. The zero-order chi connectivity index (χ0) is 17.7. The average molecular weight is 419 g/mol. The number of rotatable bonds is 7. The van der Waals surface area contributed by atoms with Crippen LogP contribution in [0.2, 0.25) is 0 Å². The minimum Gasteiger partial charge on any atom is -0.492 e. The van der Waals surface area contributed by atoms with Crippen LogP contribution in [-0.2, 0) is 16.0 Å². The molecule has 1 N–H and O–H groups in total. The van der Waals surface area contributed by atoms with Gasteiger partial charge in [-0.1, -0.05) is 25.1 Å². The van der Waals surface area contributed by atoms with Crippen LogP contribution in [0.25, 0.3) is 0 Å². The van der Waals surface area contributed by atoms with Crippen LogP contribution >= 0.6 is 24.8 Å². The first-order valence-corrected chi connectivity index (χ1v) is 9.44. The number of piperidine rings is 1. The Labute approximate surface area is 175 Å². The smallest absolute Gasteiger partial charge is 0.312 e. The fourth-order valence-electron chi connectivity index (χ4n) is 3.94. The van der Waals surface area contributed by atoms with Gasteiger partial charge >= 0.3 is 5.97 Å². The third-order valence-corrected chi connectivity index (χ3v) is 5.49. The third-order valence-electron chi connectivity index (χ3n) is 5.49. The Morgan fingerprint density at radius 3 is 2.67 bits per heavy atom. The SMILES string of the molecule is CCc1ccccc1OCCN(C)CC1CC2(CCNCC2)C(=O)O1.Cl.Cl. The number of para-hydroxylation sites is 1. The molecule has 27 heavy (non-hydrogen) atoms. The van der Waals surface area contributed by atoms with Gasteiger partial charge in [-0.15, -0.1) is 24.8 Å². The number of halogens is 2. The monoisotopic (exact) mass is 418 g/mol. The maximum atomic E-state index is 12.3. The number of nitrogens with zero attached hydrogens (tertiary/aromatic N) is 1. The number of aryl methyl sites for hydroxylation is 1. The van der Waals surface area contributed by atoms with Crippen molar-refractivity contribution in [3.63, 3.8) is 0 Å². The van der Waals surface area contributed by atoms with E-state index in [9.17, 15) is 4.79 Å². The van der Waals surface area contributed by atoms with E-state index in [4.69, 9.17) is 9.47 Å². The molecular weight excluding hydrogens is 387 g/mol. The molecular formula is C20H32Cl2N2O3. The van der Waals surface area contributed by atoms with Gasteiger partial charge in [-0.05, 0) is 51.0 Å². The lowest BCUT2D eigenvalue weighted by atomic mass is 9.76. The average Bonchev–Trinajstić information content (AvgIpc) is 2.90. The number of carbonyl (C=O) groups is 1. The first-order chi connectivity index (χ1) is 12.1. The second kappa shape index (κ2) is 11.1. The lowest BCUT2D eigenvalue weighted by molar-refractivity contribution is -0.150. The standard InChI is InChI=1S/C20H30N2O3.2ClH/c1-3-16-6-4-5-7-18(16)24-13-12-22(2)15-17-14-20(19(23)25-17)8-10-21-11-9-20;;/h4-7,17,21H,3,8-15H2,1-2H3;2*1H. The highest BCUT2D eigenvalue weighted by molar-refractivity contribution is 5.85. The molecule has 0 amide bonds. The molecule has 2 saturated heterocycles. The van der Waals surface area contributed by atoms with Crippen LogP contribution in [0.1, 0.15) is 31.7 Å². The fourth-order valence-corrected chi connectivity index (χ4v) is 3.94. The molecule has 7 heteroatoms. The molecule has 1 atom stereocenters. The molecule has 1 aromatic carbocycles. The molecule has 2 fully saturated rings. The molecule has 0 saturated carbocycles. The number of hydrogen-bond acceptors (Lipinski definition) is 5. The number of benzene rings is 1. The number of cyclic esters (lactones) is 1. The summed E-state index contributed by atoms with van der Waals surface area (Å²) in [6, 6.07) is 8.19. The van der Waals surface area contributed by atoms with Crippen LogP contribution in [0.4, 0.5) is 0 Å². The Balaban J connectivity index is 0.00000182. The Morgan fingerprint density at radius 2 is 1.96 bits per heavy atom. The maximum Gasteiger partial charge on any atom is 0.312 e. The minimum absolute atomic E-state index is 0. The predicted molar refractivity (Wildman–Crippen MR) is 112 cm³/mol. The van der Waals surface area contributed by atoms with E-state index in [1.807, 2.05) is 18.2 Å². The molecule has 3 rings (SSSR count). The quantitative estimate of drug-likeness (QED) is 0.689. The van der Waals surface area contributed by atoms with Crippen molar-refractivity contribution in [2.45, 2.75) is 38.7 Å². The van der Waals surface area contributed by atoms with Gasteiger partial charge in [0.25, 0.3) is 0 Å². The second-order valence-corrected chi connectivity index (χ2v) is 7.33. The highest BCUT2D eigenvalue weighted by Gasteiger charge is 2.49. The number of likely N-dealkylation sites (N-methyl/N-ethyl adjacent to an activating group) is 1. The third kappa shape index (κ3) is 5.98. The summed E-state index contributed by atoms with van der Waals surface area (Å²) in [7, 11) is 2.07. The van der Waals surface area contributed by atoms with Crippen molar-refractivity contribution in [3.8, 4) is 5.75 Å². The van der Waals surface area contributed by atoms with Gasteiger partial charge in [0, 0.05) is 19.5 Å². The van der Waals surface area contributed by atoms with Gasteiger partial charge in [0.1, 0.15) is 18.5 Å². The van der Waals surface area contributed by atoms with E-state index in [1.165, 1.54) is 5.56 Å². The fraction of sp³-hybridized carbons (Fsp3) is 0.650. The molecule has 2 aliphatic rings. The van der Waals surface area contributed by atoms with Gasteiger partial charge < -0.3 is 14.8 Å². The Hall–Kier alpha value is -1.01. The molecule has 1 unspecified atom stereocenters. The number of ether oxygens (including phenoxy) is 2. The van der Waals surface area contributed by atoms with Gasteiger partial charge in [0.05, 0.1) is 5.41 Å². The van der Waals surface area contributed by atoms with Gasteiger partial charge in [-0.2, -0.15) is 0 Å². The molecule has 0 bridgehead atoms. The van der Waals surface area contributed by atoms with Crippen LogP contribution in [0.3, 0.4) is 0 Å². The summed E-state index contributed by atoms with van der Waals surface area (Å²) in [6.45, 7) is 6.22. The number of nitrogens with one attached hydrogen (secondary N) is 1. The summed E-state index contributed by atoms with van der Waals surface area (Å²) in [4.78, 5) is 14.5. The molecule has 0 aromatic heterocycles. The Morgan fingerprint density at radius 1 is 1.26 bits per heavy atom. The van der Waals surface area contributed by atoms with Crippen LogP contribution in [0.5, 0.6) is 5.75 Å². The van der Waals surface area contributed by atoms with Crippen molar-refractivity contribution < 1.29 is 14.3 Å². The lowest BCUT2D eigenvalue weighted by Gasteiger charge is -2.29. The molecule has 1 aromatic rings. The summed E-state index contributed by atoms with van der Waals surface area (Å²) >= 11 is 0. The van der Waals surface area contributed by atoms with E-state index < -0.39 is 0 Å². The first-order valence-electron chi connectivity index (χ1n) is 9.44. The molecule has 0 aliphatic carbocycles.